The van der Waals surface area contributed by atoms with E-state index >= 15 is 0 Å². The van der Waals surface area contributed by atoms with Gasteiger partial charge in [-0.1, -0.05) is 0 Å². The van der Waals surface area contributed by atoms with Crippen molar-refractivity contribution in [3.63, 3.8) is 0 Å². The molecule has 1 aromatic heterocycles. The summed E-state index contributed by atoms with van der Waals surface area (Å²) in [5.74, 6) is -3.03. The Balaban J connectivity index is 3.29. The van der Waals surface area contributed by atoms with Crippen LogP contribution in [0.5, 0.6) is 0 Å². The summed E-state index contributed by atoms with van der Waals surface area (Å²) in [7, 11) is 0.999. The van der Waals surface area contributed by atoms with E-state index in [9.17, 15) is 19.3 Å². The van der Waals surface area contributed by atoms with Crippen LogP contribution >= 0.6 is 0 Å². The van der Waals surface area contributed by atoms with Crippen LogP contribution in [0.1, 0.15) is 10.5 Å². The minimum Gasteiger partial charge on any atom is -0.464 e. The van der Waals surface area contributed by atoms with Gasteiger partial charge in [0.25, 0.3) is 5.95 Å². The van der Waals surface area contributed by atoms with E-state index in [1.165, 1.54) is 0 Å². The van der Waals surface area contributed by atoms with E-state index in [1.54, 1.807) is 0 Å². The molecule has 0 bridgehead atoms. The number of esters is 1. The molecule has 0 spiro atoms. The van der Waals surface area contributed by atoms with Crippen molar-refractivity contribution in [1.29, 1.82) is 0 Å². The highest BCUT2D eigenvalue weighted by Crippen LogP contribution is 2.13. The Morgan fingerprint density at radius 3 is 2.86 bits per heavy atom. The first-order valence-corrected chi connectivity index (χ1v) is 3.31. The van der Waals surface area contributed by atoms with E-state index < -0.39 is 28.4 Å². The van der Waals surface area contributed by atoms with E-state index in [0.29, 0.717) is 6.20 Å². The maximum atomic E-state index is 12.5. The molecule has 0 amide bonds. The molecule has 0 N–H and O–H groups in total. The lowest BCUT2D eigenvalue weighted by Crippen LogP contribution is -2.11. The summed E-state index contributed by atoms with van der Waals surface area (Å²) in [6.45, 7) is 0. The van der Waals surface area contributed by atoms with E-state index in [0.717, 1.165) is 7.11 Å². The lowest BCUT2D eigenvalue weighted by molar-refractivity contribution is -0.390. The van der Waals surface area contributed by atoms with Crippen LogP contribution in [-0.4, -0.2) is 28.0 Å². The number of hydrogen-bond acceptors (Lipinski definition) is 6. The maximum absolute atomic E-state index is 12.5. The quantitative estimate of drug-likeness (QED) is 0.388. The summed E-state index contributed by atoms with van der Waals surface area (Å²) in [5.41, 5.74) is -0.752. The van der Waals surface area contributed by atoms with E-state index in [1.807, 2.05) is 0 Å². The number of carbonyl (C=O) groups excluding carboxylic acids is 1. The lowest BCUT2D eigenvalue weighted by atomic mass is 10.4. The molecule has 0 aliphatic heterocycles. The third-order valence-corrected chi connectivity index (χ3v) is 1.28. The Kier molecular flexibility index (Phi) is 2.65. The molecule has 1 heterocycles. The third kappa shape index (κ3) is 1.79. The molecular formula is C6H4FN3O4. The van der Waals surface area contributed by atoms with Gasteiger partial charge in [-0.25, -0.2) is 9.78 Å². The van der Waals surface area contributed by atoms with Gasteiger partial charge in [0.15, 0.2) is 6.20 Å². The number of hydrogen-bond donors (Lipinski definition) is 0. The highest BCUT2D eigenvalue weighted by molar-refractivity contribution is 5.90. The molecule has 8 heteroatoms. The molecular weight excluding hydrogens is 197 g/mol. The number of aromatic nitrogens is 2. The fourth-order valence-electron chi connectivity index (χ4n) is 0.728. The van der Waals surface area contributed by atoms with E-state index in [4.69, 9.17) is 0 Å². The van der Waals surface area contributed by atoms with Gasteiger partial charge in [-0.05, 0) is 9.91 Å². The summed E-state index contributed by atoms with van der Waals surface area (Å²) in [4.78, 5) is 26.4. The van der Waals surface area contributed by atoms with Crippen LogP contribution in [0.3, 0.4) is 0 Å². The smallest absolute Gasteiger partial charge is 0.397 e. The standard InChI is InChI=1S/C6H4FN3O4/c1-14-6(11)4-5(10(12)13)8-2-3(7)9-4/h2H,1H3. The number of carbonyl (C=O) groups is 1. The van der Waals surface area contributed by atoms with Gasteiger partial charge < -0.3 is 14.9 Å². The number of methoxy groups -OCH3 is 1. The molecule has 0 saturated heterocycles. The first kappa shape index (κ1) is 9.96. The summed E-state index contributed by atoms with van der Waals surface area (Å²) in [5, 5.41) is 10.3. The number of halogens is 1. The Labute approximate surface area is 76.7 Å². The summed E-state index contributed by atoms with van der Waals surface area (Å²) in [6, 6.07) is 0. The van der Waals surface area contributed by atoms with Crippen molar-refractivity contribution in [3.8, 4) is 0 Å². The Bertz CT molecular complexity index is 395. The molecule has 0 saturated carbocycles. The maximum Gasteiger partial charge on any atom is 0.397 e. The van der Waals surface area contributed by atoms with Crippen molar-refractivity contribution >= 4 is 11.8 Å². The van der Waals surface area contributed by atoms with Gasteiger partial charge in [0.05, 0.1) is 7.11 Å². The molecule has 0 fully saturated rings. The zero-order valence-corrected chi connectivity index (χ0v) is 6.93. The predicted octanol–water partition coefficient (Wildman–Crippen LogP) is 0.310. The van der Waals surface area contributed by atoms with Crippen molar-refractivity contribution in [2.24, 2.45) is 0 Å². The first-order valence-electron chi connectivity index (χ1n) is 3.31. The van der Waals surface area contributed by atoms with Gasteiger partial charge in [0.1, 0.15) is 0 Å². The molecule has 0 aliphatic carbocycles. The van der Waals surface area contributed by atoms with Crippen LogP contribution in [0.25, 0.3) is 0 Å². The minimum atomic E-state index is -1.11. The van der Waals surface area contributed by atoms with Gasteiger partial charge in [-0.3, -0.25) is 0 Å². The Hall–Kier alpha value is -2.12. The van der Waals surface area contributed by atoms with Crippen LogP contribution in [0.4, 0.5) is 10.2 Å². The zero-order chi connectivity index (χ0) is 10.7. The normalized spacial score (nSPS) is 9.57. The van der Waals surface area contributed by atoms with Crippen molar-refractivity contribution in [2.45, 2.75) is 0 Å². The van der Waals surface area contributed by atoms with Crippen molar-refractivity contribution in [3.05, 3.63) is 28.0 Å². The molecule has 0 unspecified atom stereocenters. The van der Waals surface area contributed by atoms with E-state index in [2.05, 4.69) is 14.7 Å². The number of ether oxygens (including phenoxy) is 1. The molecule has 0 aliphatic rings. The van der Waals surface area contributed by atoms with Gasteiger partial charge in [0, 0.05) is 0 Å². The second-order valence-corrected chi connectivity index (χ2v) is 2.11. The topological polar surface area (TPSA) is 95.2 Å². The average molecular weight is 201 g/mol. The molecule has 1 rings (SSSR count). The van der Waals surface area contributed by atoms with Crippen molar-refractivity contribution in [1.82, 2.24) is 9.97 Å². The summed E-state index contributed by atoms with van der Waals surface area (Å²) < 4.78 is 16.7. The molecule has 14 heavy (non-hydrogen) atoms. The zero-order valence-electron chi connectivity index (χ0n) is 6.93. The van der Waals surface area contributed by atoms with E-state index in [-0.39, 0.29) is 0 Å². The van der Waals surface area contributed by atoms with Crippen molar-refractivity contribution in [2.75, 3.05) is 7.11 Å². The Morgan fingerprint density at radius 1 is 1.71 bits per heavy atom. The highest BCUT2D eigenvalue weighted by atomic mass is 19.1. The number of rotatable bonds is 2. The van der Waals surface area contributed by atoms with Crippen molar-refractivity contribution < 1.29 is 18.8 Å². The second-order valence-electron chi connectivity index (χ2n) is 2.11. The monoisotopic (exact) mass is 201 g/mol. The summed E-state index contributed by atoms with van der Waals surface area (Å²) >= 11 is 0. The highest BCUT2D eigenvalue weighted by Gasteiger charge is 2.25. The molecule has 1 aromatic rings. The lowest BCUT2D eigenvalue weighted by Gasteiger charge is -1.98. The average Bonchev–Trinajstić information content (AvgIpc) is 2.16. The predicted molar refractivity (Wildman–Crippen MR) is 40.0 cm³/mol. The molecule has 0 atom stereocenters. The number of nitrogens with zero attached hydrogens (tertiary/aromatic N) is 3. The SMILES string of the molecule is COC(=O)c1nc(F)cnc1[N+](=O)[O-]. The van der Waals surface area contributed by atoms with Crippen LogP contribution < -0.4 is 0 Å². The molecule has 74 valence electrons. The third-order valence-electron chi connectivity index (χ3n) is 1.28. The molecule has 7 nitrogen and oxygen atoms in total. The van der Waals surface area contributed by atoms with Crippen LogP contribution in [0.15, 0.2) is 6.20 Å². The van der Waals surface area contributed by atoms with Gasteiger partial charge >= 0.3 is 11.8 Å². The van der Waals surface area contributed by atoms with Crippen LogP contribution in [0, 0.1) is 16.1 Å². The Morgan fingerprint density at radius 2 is 2.36 bits per heavy atom. The summed E-state index contributed by atoms with van der Waals surface area (Å²) in [6.07, 6.45) is 0.546. The largest absolute Gasteiger partial charge is 0.464 e. The first-order chi connectivity index (χ1) is 6.56. The molecule has 0 aromatic carbocycles. The van der Waals surface area contributed by atoms with Gasteiger partial charge in [0.2, 0.25) is 5.69 Å². The van der Waals surface area contributed by atoms with Crippen LogP contribution in [-0.2, 0) is 4.74 Å². The van der Waals surface area contributed by atoms with Gasteiger partial charge in [-0.2, -0.15) is 4.39 Å². The second kappa shape index (κ2) is 3.73. The van der Waals surface area contributed by atoms with Gasteiger partial charge in [-0.15, -0.1) is 0 Å². The van der Waals surface area contributed by atoms with Crippen LogP contribution in [0.2, 0.25) is 0 Å². The fourth-order valence-corrected chi connectivity index (χ4v) is 0.728. The number of nitro groups is 1. The minimum absolute atomic E-state index is 0.546. The molecule has 0 radical (unpaired) electrons. The fraction of sp³-hybridized carbons (Fsp3) is 0.167.